The van der Waals surface area contributed by atoms with Crippen LogP contribution in [-0.2, 0) is 0 Å². The van der Waals surface area contributed by atoms with E-state index in [1.54, 1.807) is 12.1 Å². The maximum Gasteiger partial charge on any atom is 0.278 e. The first kappa shape index (κ1) is 14.2. The van der Waals surface area contributed by atoms with E-state index in [4.69, 9.17) is 4.74 Å². The number of methoxy groups -OCH3 is 1. The van der Waals surface area contributed by atoms with Gasteiger partial charge in [0.25, 0.3) is 11.5 Å². The van der Waals surface area contributed by atoms with Crippen molar-refractivity contribution in [1.82, 2.24) is 14.3 Å². The summed E-state index contributed by atoms with van der Waals surface area (Å²) in [6, 6.07) is 5.47. The molecule has 3 aromatic rings. The van der Waals surface area contributed by atoms with Gasteiger partial charge in [-0.05, 0) is 36.2 Å². The van der Waals surface area contributed by atoms with Crippen molar-refractivity contribution in [3.63, 3.8) is 0 Å². The van der Waals surface area contributed by atoms with Gasteiger partial charge in [0, 0.05) is 0 Å². The lowest BCUT2D eigenvalue weighted by Gasteiger charge is -2.10. The first-order valence-corrected chi connectivity index (χ1v) is 7.16. The van der Waals surface area contributed by atoms with Crippen molar-refractivity contribution in [2.75, 3.05) is 12.4 Å². The minimum Gasteiger partial charge on any atom is -0.495 e. The highest BCUT2D eigenvalue weighted by Crippen LogP contribution is 2.27. The van der Waals surface area contributed by atoms with Crippen molar-refractivity contribution in [1.29, 1.82) is 0 Å². The number of rotatable bonds is 3. The minimum atomic E-state index is -0.380. The molecule has 0 aliphatic rings. The number of benzene rings is 1. The quantitative estimate of drug-likeness (QED) is 0.770. The van der Waals surface area contributed by atoms with E-state index >= 15 is 0 Å². The summed E-state index contributed by atoms with van der Waals surface area (Å²) < 4.78 is 9.21. The van der Waals surface area contributed by atoms with E-state index in [1.165, 1.54) is 13.4 Å². The summed E-state index contributed by atoms with van der Waals surface area (Å²) in [7, 11) is 1.53. The van der Waals surface area contributed by atoms with Gasteiger partial charge < -0.3 is 15.0 Å². The van der Waals surface area contributed by atoms with Gasteiger partial charge >= 0.3 is 0 Å². The highest BCUT2D eigenvalue weighted by molar-refractivity contribution is 7.09. The van der Waals surface area contributed by atoms with Gasteiger partial charge in [0.1, 0.15) is 16.1 Å². The van der Waals surface area contributed by atoms with E-state index in [1.807, 2.05) is 13.0 Å². The lowest BCUT2D eigenvalue weighted by molar-refractivity contribution is 0.103. The summed E-state index contributed by atoms with van der Waals surface area (Å²) in [6.07, 6.45) is 1.25. The van der Waals surface area contributed by atoms with Crippen LogP contribution in [0.5, 0.6) is 5.75 Å². The molecular formula is C14H12N4O3S. The van der Waals surface area contributed by atoms with Crippen LogP contribution >= 0.6 is 11.5 Å². The van der Waals surface area contributed by atoms with Crippen molar-refractivity contribution < 1.29 is 9.53 Å². The average molecular weight is 316 g/mol. The van der Waals surface area contributed by atoms with Crippen LogP contribution in [0.4, 0.5) is 5.69 Å². The van der Waals surface area contributed by atoms with E-state index in [-0.39, 0.29) is 27.4 Å². The Bertz CT molecular complexity index is 916. The molecule has 22 heavy (non-hydrogen) atoms. The van der Waals surface area contributed by atoms with Crippen LogP contribution in [-0.4, -0.2) is 27.4 Å². The van der Waals surface area contributed by atoms with Crippen LogP contribution in [0.3, 0.4) is 0 Å². The normalized spacial score (nSPS) is 10.6. The lowest BCUT2D eigenvalue weighted by atomic mass is 10.2. The van der Waals surface area contributed by atoms with Crippen LogP contribution in [0.2, 0.25) is 0 Å². The number of H-pyrrole nitrogens is 1. The molecule has 0 aliphatic carbocycles. The molecule has 8 heteroatoms. The molecule has 3 rings (SSSR count). The summed E-state index contributed by atoms with van der Waals surface area (Å²) in [6.45, 7) is 1.91. The van der Waals surface area contributed by atoms with Gasteiger partial charge in [0.2, 0.25) is 0 Å². The molecule has 0 atom stereocenters. The number of aryl methyl sites for hydroxylation is 1. The first-order valence-electron chi connectivity index (χ1n) is 6.39. The van der Waals surface area contributed by atoms with Gasteiger partial charge in [-0.15, -0.1) is 0 Å². The lowest BCUT2D eigenvalue weighted by Crippen LogP contribution is -2.13. The Morgan fingerprint density at radius 2 is 2.18 bits per heavy atom. The van der Waals surface area contributed by atoms with Crippen LogP contribution < -0.4 is 15.6 Å². The van der Waals surface area contributed by atoms with E-state index in [0.29, 0.717) is 11.4 Å². The average Bonchev–Trinajstić information content (AvgIpc) is 2.93. The van der Waals surface area contributed by atoms with E-state index in [0.717, 1.165) is 17.1 Å². The zero-order valence-corrected chi connectivity index (χ0v) is 12.7. The SMILES string of the molecule is COc1ccc(C)cc1NC(=O)c1snc2c(=O)[nH]cnc12. The molecule has 0 bridgehead atoms. The summed E-state index contributed by atoms with van der Waals surface area (Å²) in [5.74, 6) is 0.174. The van der Waals surface area contributed by atoms with Crippen LogP contribution in [0, 0.1) is 6.92 Å². The number of ether oxygens (including phenoxy) is 1. The molecule has 0 radical (unpaired) electrons. The van der Waals surface area contributed by atoms with Gasteiger partial charge in [-0.2, -0.15) is 4.37 Å². The van der Waals surface area contributed by atoms with Crippen LogP contribution in [0.25, 0.3) is 11.0 Å². The Morgan fingerprint density at radius 3 is 2.95 bits per heavy atom. The predicted octanol–water partition coefficient (Wildman–Crippen LogP) is 1.95. The molecule has 0 aliphatic heterocycles. The monoisotopic (exact) mass is 316 g/mol. The van der Waals surface area contributed by atoms with Gasteiger partial charge in [-0.3, -0.25) is 9.59 Å². The molecule has 0 spiro atoms. The number of amides is 1. The van der Waals surface area contributed by atoms with E-state index < -0.39 is 0 Å². The van der Waals surface area contributed by atoms with E-state index in [2.05, 4.69) is 19.7 Å². The van der Waals surface area contributed by atoms with Crippen molar-refractivity contribution in [3.8, 4) is 5.75 Å². The number of aromatic amines is 1. The van der Waals surface area contributed by atoms with Crippen molar-refractivity contribution >= 4 is 34.2 Å². The Hall–Kier alpha value is -2.74. The molecule has 2 N–H and O–H groups in total. The fourth-order valence-electron chi connectivity index (χ4n) is 2.03. The number of nitrogens with zero attached hydrogens (tertiary/aromatic N) is 2. The van der Waals surface area contributed by atoms with Crippen molar-refractivity contribution in [2.45, 2.75) is 6.92 Å². The topological polar surface area (TPSA) is 97.0 Å². The second kappa shape index (κ2) is 5.57. The fourth-order valence-corrected chi connectivity index (χ4v) is 2.75. The number of anilines is 1. The van der Waals surface area contributed by atoms with Gasteiger partial charge in [0.05, 0.1) is 19.1 Å². The Kier molecular flexibility index (Phi) is 3.60. The minimum absolute atomic E-state index is 0.161. The van der Waals surface area contributed by atoms with E-state index in [9.17, 15) is 9.59 Å². The predicted molar refractivity (Wildman–Crippen MR) is 83.7 cm³/mol. The number of nitrogens with one attached hydrogen (secondary N) is 2. The molecule has 112 valence electrons. The molecule has 2 aromatic heterocycles. The molecule has 0 saturated carbocycles. The summed E-state index contributed by atoms with van der Waals surface area (Å²) in [5.41, 5.74) is 1.62. The number of hydrogen-bond donors (Lipinski definition) is 2. The molecule has 7 nitrogen and oxygen atoms in total. The van der Waals surface area contributed by atoms with Crippen LogP contribution in [0.15, 0.2) is 29.3 Å². The Balaban J connectivity index is 1.99. The third-order valence-electron chi connectivity index (χ3n) is 3.08. The Labute approximate surface area is 129 Å². The highest BCUT2D eigenvalue weighted by atomic mass is 32.1. The molecular weight excluding hydrogens is 304 g/mol. The van der Waals surface area contributed by atoms with Gasteiger partial charge in [-0.1, -0.05) is 6.07 Å². The summed E-state index contributed by atoms with van der Waals surface area (Å²) in [5, 5.41) is 2.77. The standard InChI is InChI=1S/C14H12N4O3S/c1-7-3-4-9(21-2)8(5-7)17-14(20)12-10-11(18-22-12)13(19)16-6-15-10/h3-6H,1-2H3,(H,17,20)(H,15,16,19). The summed E-state index contributed by atoms with van der Waals surface area (Å²) >= 11 is 0.937. The number of carbonyl (C=O) groups is 1. The molecule has 0 fully saturated rings. The molecule has 2 heterocycles. The van der Waals surface area contributed by atoms with Gasteiger partial charge in [0.15, 0.2) is 5.52 Å². The van der Waals surface area contributed by atoms with Crippen molar-refractivity contribution in [3.05, 3.63) is 45.3 Å². The third-order valence-corrected chi connectivity index (χ3v) is 3.92. The number of aromatic nitrogens is 3. The van der Waals surface area contributed by atoms with Crippen molar-refractivity contribution in [2.24, 2.45) is 0 Å². The zero-order valence-electron chi connectivity index (χ0n) is 11.8. The maximum absolute atomic E-state index is 12.4. The number of fused-ring (bicyclic) bond motifs is 1. The number of carbonyl (C=O) groups excluding carboxylic acids is 1. The summed E-state index contributed by atoms with van der Waals surface area (Å²) in [4.78, 5) is 30.8. The Morgan fingerprint density at radius 1 is 1.36 bits per heavy atom. The molecule has 1 aromatic carbocycles. The molecule has 1 amide bonds. The highest BCUT2D eigenvalue weighted by Gasteiger charge is 2.18. The molecule has 0 saturated heterocycles. The zero-order chi connectivity index (χ0) is 15.7. The second-order valence-corrected chi connectivity index (χ2v) is 5.37. The third kappa shape index (κ3) is 2.44. The number of hydrogen-bond acceptors (Lipinski definition) is 6. The van der Waals surface area contributed by atoms with Crippen LogP contribution in [0.1, 0.15) is 15.2 Å². The second-order valence-electron chi connectivity index (χ2n) is 4.60. The fraction of sp³-hybridized carbons (Fsp3) is 0.143. The van der Waals surface area contributed by atoms with Gasteiger partial charge in [-0.25, -0.2) is 4.98 Å². The first-order chi connectivity index (χ1) is 10.6. The smallest absolute Gasteiger partial charge is 0.278 e. The largest absolute Gasteiger partial charge is 0.495 e. The maximum atomic E-state index is 12.4. The molecule has 0 unspecified atom stereocenters.